The van der Waals surface area contributed by atoms with E-state index in [4.69, 9.17) is 26.3 Å². The van der Waals surface area contributed by atoms with Crippen LogP contribution < -0.4 is 5.69 Å². The highest BCUT2D eigenvalue weighted by atomic mass is 35.5. The van der Waals surface area contributed by atoms with E-state index in [1.165, 1.54) is 12.1 Å². The van der Waals surface area contributed by atoms with Crippen LogP contribution in [0.2, 0.25) is 5.02 Å². The van der Waals surface area contributed by atoms with Crippen molar-refractivity contribution < 1.29 is 9.13 Å². The van der Waals surface area contributed by atoms with Gasteiger partial charge in [0.15, 0.2) is 5.65 Å². The first-order chi connectivity index (χ1) is 16.1. The van der Waals surface area contributed by atoms with Crippen LogP contribution in [0, 0.1) is 5.82 Å². The van der Waals surface area contributed by atoms with Gasteiger partial charge in [-0.15, -0.1) is 0 Å². The van der Waals surface area contributed by atoms with Crippen LogP contribution in [-0.2, 0) is 4.74 Å². The standard InChI is InChI=1S/C23H18ClFN6O2/c24-16-4-2-1-3-15(16)19-20-21(31(23(32)28-20)14-7-9-33-10-8-14)29-22(27-19)30-12-26-17-6-5-13(25)11-18(17)30/h1-6,11-12,14H,7-10H2,(H,28,32). The van der Waals surface area contributed by atoms with Crippen molar-refractivity contribution in [2.24, 2.45) is 0 Å². The zero-order valence-corrected chi connectivity index (χ0v) is 18.1. The normalized spacial score (nSPS) is 15.0. The van der Waals surface area contributed by atoms with Crippen molar-refractivity contribution in [2.45, 2.75) is 18.9 Å². The van der Waals surface area contributed by atoms with E-state index < -0.39 is 5.82 Å². The maximum Gasteiger partial charge on any atom is 0.327 e. The fourth-order valence-electron chi connectivity index (χ4n) is 4.37. The van der Waals surface area contributed by atoms with Crippen molar-refractivity contribution >= 4 is 33.8 Å². The Kier molecular flexibility index (Phi) is 4.74. The van der Waals surface area contributed by atoms with Gasteiger partial charge in [0.1, 0.15) is 23.4 Å². The number of fused-ring (bicyclic) bond motifs is 2. The monoisotopic (exact) mass is 464 g/mol. The minimum absolute atomic E-state index is 0.0566. The molecule has 1 aliphatic heterocycles. The first-order valence-corrected chi connectivity index (χ1v) is 11.0. The number of halogens is 2. The number of hydrogen-bond acceptors (Lipinski definition) is 5. The number of nitrogens with zero attached hydrogens (tertiary/aromatic N) is 5. The van der Waals surface area contributed by atoms with Gasteiger partial charge in [0.05, 0.1) is 16.1 Å². The minimum atomic E-state index is -0.391. The number of aromatic amines is 1. The van der Waals surface area contributed by atoms with E-state index >= 15 is 0 Å². The third kappa shape index (κ3) is 3.32. The van der Waals surface area contributed by atoms with Gasteiger partial charge >= 0.3 is 5.69 Å². The molecule has 5 aromatic rings. The maximum atomic E-state index is 14.0. The van der Waals surface area contributed by atoms with Crippen LogP contribution in [0.1, 0.15) is 18.9 Å². The molecule has 0 saturated carbocycles. The molecule has 0 amide bonds. The smallest absolute Gasteiger partial charge is 0.327 e. The number of rotatable bonds is 3. The van der Waals surface area contributed by atoms with Crippen LogP contribution in [0.3, 0.4) is 0 Å². The Labute approximate surface area is 191 Å². The van der Waals surface area contributed by atoms with Gasteiger partial charge in [-0.05, 0) is 31.0 Å². The molecule has 4 heterocycles. The van der Waals surface area contributed by atoms with Crippen molar-refractivity contribution in [1.29, 1.82) is 0 Å². The van der Waals surface area contributed by atoms with Crippen molar-refractivity contribution in [3.05, 3.63) is 70.1 Å². The summed E-state index contributed by atoms with van der Waals surface area (Å²) in [6.07, 6.45) is 2.95. The fourth-order valence-corrected chi connectivity index (χ4v) is 4.59. The molecule has 10 heteroatoms. The zero-order chi connectivity index (χ0) is 22.5. The molecule has 6 rings (SSSR count). The molecule has 1 N–H and O–H groups in total. The average Bonchev–Trinajstić information content (AvgIpc) is 3.39. The molecule has 1 aliphatic rings. The Morgan fingerprint density at radius 2 is 1.94 bits per heavy atom. The number of H-pyrrole nitrogens is 1. The highest BCUT2D eigenvalue weighted by molar-refractivity contribution is 6.33. The Morgan fingerprint density at radius 1 is 1.12 bits per heavy atom. The summed E-state index contributed by atoms with van der Waals surface area (Å²) < 4.78 is 22.8. The molecule has 0 spiro atoms. The van der Waals surface area contributed by atoms with Crippen LogP contribution in [-0.4, -0.2) is 42.3 Å². The number of imidazole rings is 2. The fraction of sp³-hybridized carbons (Fsp3) is 0.217. The Bertz CT molecular complexity index is 1570. The summed E-state index contributed by atoms with van der Waals surface area (Å²) >= 11 is 6.50. The van der Waals surface area contributed by atoms with Gasteiger partial charge in [0.25, 0.3) is 0 Å². The van der Waals surface area contributed by atoms with Crippen LogP contribution in [0.25, 0.3) is 39.4 Å². The summed E-state index contributed by atoms with van der Waals surface area (Å²) in [5, 5.41) is 0.490. The lowest BCUT2D eigenvalue weighted by molar-refractivity contribution is 0.0697. The van der Waals surface area contributed by atoms with E-state index in [0.29, 0.717) is 64.5 Å². The molecule has 0 unspecified atom stereocenters. The molecule has 0 atom stereocenters. The van der Waals surface area contributed by atoms with E-state index in [1.54, 1.807) is 27.6 Å². The second-order valence-corrected chi connectivity index (χ2v) is 8.35. The highest BCUT2D eigenvalue weighted by Crippen LogP contribution is 2.33. The average molecular weight is 465 g/mol. The van der Waals surface area contributed by atoms with Gasteiger partial charge in [-0.1, -0.05) is 29.8 Å². The number of ether oxygens (including phenoxy) is 1. The number of nitrogens with one attached hydrogen (secondary N) is 1. The highest BCUT2D eigenvalue weighted by Gasteiger charge is 2.25. The minimum Gasteiger partial charge on any atom is -0.381 e. The van der Waals surface area contributed by atoms with Gasteiger partial charge in [-0.25, -0.2) is 19.2 Å². The van der Waals surface area contributed by atoms with E-state index in [0.717, 1.165) is 0 Å². The predicted molar refractivity (Wildman–Crippen MR) is 122 cm³/mol. The third-order valence-corrected chi connectivity index (χ3v) is 6.30. The predicted octanol–water partition coefficient (Wildman–Crippen LogP) is 4.27. The first-order valence-electron chi connectivity index (χ1n) is 10.6. The molecule has 33 heavy (non-hydrogen) atoms. The summed E-state index contributed by atoms with van der Waals surface area (Å²) in [5.41, 5.74) is 2.97. The van der Waals surface area contributed by atoms with Crippen molar-refractivity contribution in [1.82, 2.24) is 29.1 Å². The van der Waals surface area contributed by atoms with Gasteiger partial charge in [-0.2, -0.15) is 4.98 Å². The number of hydrogen-bond donors (Lipinski definition) is 1. The molecule has 8 nitrogen and oxygen atoms in total. The summed E-state index contributed by atoms with van der Waals surface area (Å²) in [4.78, 5) is 29.8. The molecule has 3 aromatic heterocycles. The van der Waals surface area contributed by atoms with E-state index in [2.05, 4.69) is 9.97 Å². The molecule has 0 bridgehead atoms. The Morgan fingerprint density at radius 3 is 2.76 bits per heavy atom. The second-order valence-electron chi connectivity index (χ2n) is 7.94. The summed E-state index contributed by atoms with van der Waals surface area (Å²) in [6.45, 7) is 1.15. The zero-order valence-electron chi connectivity index (χ0n) is 17.3. The largest absolute Gasteiger partial charge is 0.381 e. The van der Waals surface area contributed by atoms with Crippen molar-refractivity contribution in [3.63, 3.8) is 0 Å². The molecule has 2 aromatic carbocycles. The van der Waals surface area contributed by atoms with Crippen LogP contribution in [0.4, 0.5) is 4.39 Å². The topological polar surface area (TPSA) is 90.6 Å². The molecule has 0 radical (unpaired) electrons. The quantitative estimate of drug-likeness (QED) is 0.430. The molecule has 1 fully saturated rings. The van der Waals surface area contributed by atoms with E-state index in [1.807, 2.05) is 18.2 Å². The molecular formula is C23H18ClFN6O2. The van der Waals surface area contributed by atoms with Crippen LogP contribution >= 0.6 is 11.6 Å². The van der Waals surface area contributed by atoms with Crippen molar-refractivity contribution in [2.75, 3.05) is 13.2 Å². The summed E-state index contributed by atoms with van der Waals surface area (Å²) in [6, 6.07) is 11.6. The number of aromatic nitrogens is 6. The van der Waals surface area contributed by atoms with E-state index in [9.17, 15) is 9.18 Å². The van der Waals surface area contributed by atoms with Crippen molar-refractivity contribution in [3.8, 4) is 17.2 Å². The van der Waals surface area contributed by atoms with Gasteiger partial charge in [0, 0.05) is 30.9 Å². The Hall–Kier alpha value is -3.56. The lowest BCUT2D eigenvalue weighted by Gasteiger charge is -2.23. The third-order valence-electron chi connectivity index (χ3n) is 5.97. The SMILES string of the molecule is O=c1[nH]c2c(-c3ccccc3Cl)nc(-n3cnc4ccc(F)cc43)nc2n1C1CCOCC1. The van der Waals surface area contributed by atoms with Gasteiger partial charge < -0.3 is 9.72 Å². The van der Waals surface area contributed by atoms with Gasteiger partial charge in [-0.3, -0.25) is 9.13 Å². The molecule has 166 valence electrons. The first kappa shape index (κ1) is 20.1. The molecular weight excluding hydrogens is 447 g/mol. The molecule has 0 aliphatic carbocycles. The lowest BCUT2D eigenvalue weighted by atomic mass is 10.1. The summed E-state index contributed by atoms with van der Waals surface area (Å²) in [5.74, 6) is -0.122. The summed E-state index contributed by atoms with van der Waals surface area (Å²) in [7, 11) is 0. The lowest BCUT2D eigenvalue weighted by Crippen LogP contribution is -2.27. The number of benzene rings is 2. The second kappa shape index (κ2) is 7.79. The van der Waals surface area contributed by atoms with Crippen LogP contribution in [0.15, 0.2) is 53.6 Å². The van der Waals surface area contributed by atoms with Crippen LogP contribution in [0.5, 0.6) is 0 Å². The Balaban J connectivity index is 1.67. The van der Waals surface area contributed by atoms with Gasteiger partial charge in [0.2, 0.25) is 5.95 Å². The maximum absolute atomic E-state index is 14.0. The van der Waals surface area contributed by atoms with E-state index in [-0.39, 0.29) is 17.7 Å². The molecule has 1 saturated heterocycles.